The highest BCUT2D eigenvalue weighted by Gasteiger charge is 1.94. The highest BCUT2D eigenvalue weighted by Crippen LogP contribution is 2.03. The summed E-state index contributed by atoms with van der Waals surface area (Å²) >= 11 is 1.91. The average molecular weight is 221 g/mol. The van der Waals surface area contributed by atoms with Crippen molar-refractivity contribution >= 4 is 11.8 Å². The maximum absolute atomic E-state index is 5.63. The quantitative estimate of drug-likeness (QED) is 0.568. The van der Waals surface area contributed by atoms with Gasteiger partial charge in [0, 0.05) is 32.1 Å². The first kappa shape index (κ1) is 14.2. The van der Waals surface area contributed by atoms with Crippen molar-refractivity contribution in [1.82, 2.24) is 0 Å². The third-order valence-corrected chi connectivity index (χ3v) is 2.71. The molecule has 0 aromatic heterocycles. The van der Waals surface area contributed by atoms with Gasteiger partial charge in [-0.1, -0.05) is 0 Å². The van der Waals surface area contributed by atoms with Crippen LogP contribution in [0.25, 0.3) is 0 Å². The highest BCUT2D eigenvalue weighted by atomic mass is 32.2. The van der Waals surface area contributed by atoms with Gasteiger partial charge in [-0.25, -0.2) is 0 Å². The number of nitrogens with two attached hydrogens (primary N) is 1. The number of thioether (sulfide) groups is 1. The fraction of sp³-hybridized carbons (Fsp3) is 1.00. The van der Waals surface area contributed by atoms with Crippen LogP contribution in [0.5, 0.6) is 0 Å². The molecule has 2 N–H and O–H groups in total. The standard InChI is InChI=1S/C10H23NO2S/c1-10(11)4-8-14-9-7-13-6-3-5-12-2/h10H,3-9,11H2,1-2H3. The summed E-state index contributed by atoms with van der Waals surface area (Å²) in [6.45, 7) is 4.48. The van der Waals surface area contributed by atoms with E-state index in [1.807, 2.05) is 18.7 Å². The Morgan fingerprint density at radius 3 is 2.64 bits per heavy atom. The van der Waals surface area contributed by atoms with Crippen molar-refractivity contribution in [3.8, 4) is 0 Å². The number of methoxy groups -OCH3 is 1. The van der Waals surface area contributed by atoms with E-state index in [0.29, 0.717) is 6.04 Å². The molecule has 0 aromatic carbocycles. The monoisotopic (exact) mass is 221 g/mol. The number of ether oxygens (including phenoxy) is 2. The van der Waals surface area contributed by atoms with E-state index in [0.717, 1.165) is 44.2 Å². The summed E-state index contributed by atoms with van der Waals surface area (Å²) in [7, 11) is 1.71. The van der Waals surface area contributed by atoms with Gasteiger partial charge in [-0.15, -0.1) is 0 Å². The minimum Gasteiger partial charge on any atom is -0.385 e. The van der Waals surface area contributed by atoms with Crippen LogP contribution in [0, 0.1) is 0 Å². The van der Waals surface area contributed by atoms with Crippen LogP contribution in [0.3, 0.4) is 0 Å². The van der Waals surface area contributed by atoms with Gasteiger partial charge in [0.05, 0.1) is 6.61 Å². The Morgan fingerprint density at radius 2 is 2.00 bits per heavy atom. The van der Waals surface area contributed by atoms with Crippen LogP contribution in [0.2, 0.25) is 0 Å². The van der Waals surface area contributed by atoms with Crippen molar-refractivity contribution in [2.75, 3.05) is 38.4 Å². The molecule has 4 heteroatoms. The molecule has 0 aliphatic rings. The summed E-state index contributed by atoms with van der Waals surface area (Å²) in [6, 6.07) is 0.324. The Labute approximate surface area is 91.7 Å². The molecule has 0 saturated heterocycles. The summed E-state index contributed by atoms with van der Waals surface area (Å²) in [6.07, 6.45) is 2.08. The van der Waals surface area contributed by atoms with Crippen molar-refractivity contribution in [3.05, 3.63) is 0 Å². The van der Waals surface area contributed by atoms with Crippen molar-refractivity contribution in [2.24, 2.45) is 5.73 Å². The summed E-state index contributed by atoms with van der Waals surface area (Å²) < 4.78 is 10.3. The molecular weight excluding hydrogens is 198 g/mol. The second-order valence-electron chi connectivity index (χ2n) is 3.34. The second-order valence-corrected chi connectivity index (χ2v) is 4.56. The minimum absolute atomic E-state index is 0.324. The van der Waals surface area contributed by atoms with E-state index < -0.39 is 0 Å². The van der Waals surface area contributed by atoms with Gasteiger partial charge in [0.2, 0.25) is 0 Å². The number of hydrogen-bond donors (Lipinski definition) is 1. The van der Waals surface area contributed by atoms with Gasteiger partial charge in [0.15, 0.2) is 0 Å². The van der Waals surface area contributed by atoms with E-state index in [-0.39, 0.29) is 0 Å². The zero-order valence-electron chi connectivity index (χ0n) is 9.33. The van der Waals surface area contributed by atoms with Gasteiger partial charge in [-0.05, 0) is 25.5 Å². The van der Waals surface area contributed by atoms with Gasteiger partial charge >= 0.3 is 0 Å². The molecule has 3 nitrogen and oxygen atoms in total. The molecule has 0 heterocycles. The molecule has 1 unspecified atom stereocenters. The predicted molar refractivity (Wildman–Crippen MR) is 62.9 cm³/mol. The lowest BCUT2D eigenvalue weighted by Gasteiger charge is -2.05. The SMILES string of the molecule is COCCCOCCSCCC(C)N. The molecule has 1 atom stereocenters. The average Bonchev–Trinajstić information content (AvgIpc) is 2.15. The first-order chi connectivity index (χ1) is 6.77. The lowest BCUT2D eigenvalue weighted by Crippen LogP contribution is -2.15. The molecule has 0 fully saturated rings. The Hall–Kier alpha value is 0.230. The van der Waals surface area contributed by atoms with Gasteiger partial charge in [-0.2, -0.15) is 11.8 Å². The van der Waals surface area contributed by atoms with E-state index in [9.17, 15) is 0 Å². The molecule has 0 bridgehead atoms. The van der Waals surface area contributed by atoms with Gasteiger partial charge < -0.3 is 15.2 Å². The van der Waals surface area contributed by atoms with Crippen LogP contribution in [-0.2, 0) is 9.47 Å². The lowest BCUT2D eigenvalue weighted by atomic mass is 10.3. The van der Waals surface area contributed by atoms with Crippen LogP contribution in [0.4, 0.5) is 0 Å². The zero-order valence-corrected chi connectivity index (χ0v) is 10.1. The second kappa shape index (κ2) is 11.3. The van der Waals surface area contributed by atoms with Gasteiger partial charge in [0.1, 0.15) is 0 Å². The summed E-state index contributed by atoms with van der Waals surface area (Å²) in [5.41, 5.74) is 5.63. The molecule has 14 heavy (non-hydrogen) atoms. The number of rotatable bonds is 10. The summed E-state index contributed by atoms with van der Waals surface area (Å²) in [5.74, 6) is 2.21. The van der Waals surface area contributed by atoms with Gasteiger partial charge in [0.25, 0.3) is 0 Å². The van der Waals surface area contributed by atoms with Crippen molar-refractivity contribution in [3.63, 3.8) is 0 Å². The normalized spacial score (nSPS) is 13.1. The molecule has 0 radical (unpaired) electrons. The van der Waals surface area contributed by atoms with E-state index in [4.69, 9.17) is 15.2 Å². The molecule has 0 aliphatic carbocycles. The molecule has 86 valence electrons. The highest BCUT2D eigenvalue weighted by molar-refractivity contribution is 7.99. The Morgan fingerprint density at radius 1 is 1.21 bits per heavy atom. The number of hydrogen-bond acceptors (Lipinski definition) is 4. The van der Waals surface area contributed by atoms with Crippen molar-refractivity contribution in [2.45, 2.75) is 25.8 Å². The van der Waals surface area contributed by atoms with E-state index in [2.05, 4.69) is 0 Å². The first-order valence-corrected chi connectivity index (χ1v) is 6.33. The Bertz CT molecular complexity index is 112. The smallest absolute Gasteiger partial charge is 0.0556 e. The molecule has 0 rings (SSSR count). The molecule has 0 saturated carbocycles. The molecule has 0 aromatic rings. The molecule has 0 spiro atoms. The third kappa shape index (κ3) is 12.2. The van der Waals surface area contributed by atoms with E-state index in [1.54, 1.807) is 7.11 Å². The van der Waals surface area contributed by atoms with Crippen LogP contribution < -0.4 is 5.73 Å². The zero-order chi connectivity index (χ0) is 10.6. The fourth-order valence-electron chi connectivity index (χ4n) is 0.897. The Balaban J connectivity index is 2.85. The molecule has 0 amide bonds. The Kier molecular flexibility index (Phi) is 11.5. The largest absolute Gasteiger partial charge is 0.385 e. The maximum Gasteiger partial charge on any atom is 0.0556 e. The van der Waals surface area contributed by atoms with Crippen molar-refractivity contribution < 1.29 is 9.47 Å². The summed E-state index contributed by atoms with van der Waals surface area (Å²) in [4.78, 5) is 0. The van der Waals surface area contributed by atoms with Crippen LogP contribution in [0.1, 0.15) is 19.8 Å². The molecule has 0 aliphatic heterocycles. The first-order valence-electron chi connectivity index (χ1n) is 5.17. The van der Waals surface area contributed by atoms with Crippen LogP contribution in [0.15, 0.2) is 0 Å². The maximum atomic E-state index is 5.63. The van der Waals surface area contributed by atoms with Gasteiger partial charge in [-0.3, -0.25) is 0 Å². The lowest BCUT2D eigenvalue weighted by molar-refractivity contribution is 0.113. The summed E-state index contributed by atoms with van der Waals surface area (Å²) in [5, 5.41) is 0. The molecular formula is C10H23NO2S. The minimum atomic E-state index is 0.324. The fourth-order valence-corrected chi connectivity index (χ4v) is 1.87. The van der Waals surface area contributed by atoms with E-state index >= 15 is 0 Å². The van der Waals surface area contributed by atoms with Crippen LogP contribution in [-0.4, -0.2) is 44.5 Å². The van der Waals surface area contributed by atoms with Crippen molar-refractivity contribution in [1.29, 1.82) is 0 Å². The van der Waals surface area contributed by atoms with Crippen LogP contribution >= 0.6 is 11.8 Å². The third-order valence-electron chi connectivity index (χ3n) is 1.73. The topological polar surface area (TPSA) is 44.5 Å². The van der Waals surface area contributed by atoms with E-state index in [1.165, 1.54) is 0 Å². The predicted octanol–water partition coefficient (Wildman–Crippen LogP) is 1.51.